The van der Waals surface area contributed by atoms with E-state index in [1.54, 1.807) is 25.1 Å². The molecule has 1 saturated carbocycles. The number of nitrogens with zero attached hydrogens (tertiary/aromatic N) is 2. The van der Waals surface area contributed by atoms with E-state index in [4.69, 9.17) is 4.74 Å². The lowest BCUT2D eigenvalue weighted by molar-refractivity contribution is -0.169. The molecule has 11 heteroatoms. The Hall–Kier alpha value is -2.56. The van der Waals surface area contributed by atoms with Crippen LogP contribution >= 0.6 is 0 Å². The molecule has 1 amide bonds. The number of alkyl halides is 3. The van der Waals surface area contributed by atoms with Crippen LogP contribution in [0.2, 0.25) is 0 Å². The minimum Gasteiger partial charge on any atom is -0.495 e. The molecule has 2 aromatic rings. The number of methoxy groups -OCH3 is 1. The second-order valence-corrected chi connectivity index (χ2v) is 12.3. The van der Waals surface area contributed by atoms with Gasteiger partial charge in [-0.25, -0.2) is 13.4 Å². The lowest BCUT2D eigenvalue weighted by Gasteiger charge is -2.27. The van der Waals surface area contributed by atoms with Gasteiger partial charge in [0, 0.05) is 19.2 Å². The molecule has 1 N–H and O–H groups in total. The van der Waals surface area contributed by atoms with Crippen molar-refractivity contribution in [2.75, 3.05) is 19.9 Å². The van der Waals surface area contributed by atoms with Crippen molar-refractivity contribution in [3.05, 3.63) is 41.0 Å². The molecule has 206 valence electrons. The topological polar surface area (TPSA) is 90.3 Å². The van der Waals surface area contributed by atoms with Crippen LogP contribution in [-0.4, -0.2) is 55.2 Å². The highest BCUT2D eigenvalue weighted by molar-refractivity contribution is 7.91. The average Bonchev–Trinajstić information content (AvgIpc) is 3.17. The summed E-state index contributed by atoms with van der Waals surface area (Å²) < 4.78 is 70.0. The number of sulfone groups is 1. The Balaban J connectivity index is 1.78. The number of carbonyl (C=O) groups is 1. The summed E-state index contributed by atoms with van der Waals surface area (Å²) in [6.45, 7) is 5.28. The van der Waals surface area contributed by atoms with E-state index in [1.165, 1.54) is 13.4 Å². The van der Waals surface area contributed by atoms with E-state index >= 15 is 0 Å². The van der Waals surface area contributed by atoms with E-state index in [1.807, 2.05) is 11.5 Å². The minimum absolute atomic E-state index is 0.163. The third-order valence-corrected chi connectivity index (χ3v) is 8.93. The number of carbonyl (C=O) groups excluding carboxylic acids is 1. The number of rotatable bonds is 9. The summed E-state index contributed by atoms with van der Waals surface area (Å²) in [6.07, 6.45) is 0.0375. The number of aryl methyl sites for hydroxylation is 1. The number of aromatic nitrogens is 2. The fraction of sp³-hybridized carbons (Fsp3) is 0.615. The lowest BCUT2D eigenvalue weighted by Crippen LogP contribution is -2.34. The fourth-order valence-corrected chi connectivity index (χ4v) is 6.05. The third-order valence-electron chi connectivity index (χ3n) is 7.24. The number of ether oxygens (including phenoxy) is 1. The summed E-state index contributed by atoms with van der Waals surface area (Å²) in [6, 6.07) is 4.95. The zero-order valence-corrected chi connectivity index (χ0v) is 22.8. The van der Waals surface area contributed by atoms with Crippen molar-refractivity contribution >= 4 is 15.7 Å². The van der Waals surface area contributed by atoms with Crippen molar-refractivity contribution < 1.29 is 31.1 Å². The molecular formula is C26H36F3N3O4S. The van der Waals surface area contributed by atoms with E-state index < -0.39 is 21.9 Å². The molecule has 1 aromatic carbocycles. The maximum absolute atomic E-state index is 13.0. The molecule has 3 rings (SSSR count). The van der Waals surface area contributed by atoms with Gasteiger partial charge >= 0.3 is 6.18 Å². The Labute approximate surface area is 216 Å². The highest BCUT2D eigenvalue weighted by atomic mass is 32.2. The molecule has 0 bridgehead atoms. The summed E-state index contributed by atoms with van der Waals surface area (Å²) in [5, 5.41) is 2.65. The first-order valence-electron chi connectivity index (χ1n) is 12.6. The maximum Gasteiger partial charge on any atom is 0.391 e. The highest BCUT2D eigenvalue weighted by Gasteiger charge is 2.36. The molecule has 1 atom stereocenters. The standard InChI is InChI=1S/C26H36F3N3O4S/c1-6-23-31-24(25(33)30-15-18-7-10-20(11-8-18)37(5,34)35)17(3)32(23)21-12-9-19(14-22(21)36-4)13-16(2)26(27,28)29/h9,12,14,16,18,20H,6-8,10-11,13,15H2,1-5H3,(H,30,33)/t16?,18-,20-. The predicted octanol–water partition coefficient (Wildman–Crippen LogP) is 4.83. The number of halogens is 3. The number of nitrogens with one attached hydrogen (secondary N) is 1. The van der Waals surface area contributed by atoms with Crippen molar-refractivity contribution in [3.63, 3.8) is 0 Å². The van der Waals surface area contributed by atoms with Crippen molar-refractivity contribution in [3.8, 4) is 11.4 Å². The zero-order chi connectivity index (χ0) is 27.5. The Morgan fingerprint density at radius 2 is 1.89 bits per heavy atom. The van der Waals surface area contributed by atoms with Crippen LogP contribution in [0.5, 0.6) is 5.75 Å². The summed E-state index contributed by atoms with van der Waals surface area (Å²) in [5.74, 6) is -0.559. The van der Waals surface area contributed by atoms with Crippen LogP contribution in [0.15, 0.2) is 18.2 Å². The molecule has 0 spiro atoms. The molecule has 0 aliphatic heterocycles. The molecule has 1 aliphatic rings. The Kier molecular flexibility index (Phi) is 8.97. The Bertz CT molecular complexity index is 1220. The predicted molar refractivity (Wildman–Crippen MR) is 136 cm³/mol. The molecule has 7 nitrogen and oxygen atoms in total. The molecule has 1 unspecified atom stereocenters. The summed E-state index contributed by atoms with van der Waals surface area (Å²) in [7, 11) is -1.58. The fourth-order valence-electron chi connectivity index (χ4n) is 4.92. The van der Waals surface area contributed by atoms with Crippen molar-refractivity contribution in [2.24, 2.45) is 11.8 Å². The van der Waals surface area contributed by atoms with Gasteiger partial charge in [-0.2, -0.15) is 13.2 Å². The minimum atomic E-state index is -4.28. The Morgan fingerprint density at radius 1 is 1.24 bits per heavy atom. The van der Waals surface area contributed by atoms with Gasteiger partial charge in [-0.05, 0) is 62.6 Å². The molecule has 1 aliphatic carbocycles. The largest absolute Gasteiger partial charge is 0.495 e. The van der Waals surface area contributed by atoms with Crippen molar-refractivity contribution in [1.82, 2.24) is 14.9 Å². The third kappa shape index (κ3) is 6.86. The van der Waals surface area contributed by atoms with E-state index in [-0.39, 0.29) is 29.2 Å². The smallest absolute Gasteiger partial charge is 0.391 e. The maximum atomic E-state index is 13.0. The van der Waals surface area contributed by atoms with Gasteiger partial charge in [-0.1, -0.05) is 19.9 Å². The number of imidazole rings is 1. The molecule has 37 heavy (non-hydrogen) atoms. The van der Waals surface area contributed by atoms with Gasteiger partial charge in [-0.15, -0.1) is 0 Å². The SMILES string of the molecule is CCc1nc(C(=O)NC[C@H]2CC[C@H](S(C)(=O)=O)CC2)c(C)n1-c1ccc(CC(C)C(F)(F)F)cc1OC. The van der Waals surface area contributed by atoms with Crippen LogP contribution in [0.3, 0.4) is 0 Å². The van der Waals surface area contributed by atoms with E-state index in [9.17, 15) is 26.4 Å². The monoisotopic (exact) mass is 543 g/mol. The highest BCUT2D eigenvalue weighted by Crippen LogP contribution is 2.33. The van der Waals surface area contributed by atoms with E-state index in [0.717, 1.165) is 19.8 Å². The van der Waals surface area contributed by atoms with Crippen molar-refractivity contribution in [2.45, 2.75) is 70.7 Å². The van der Waals surface area contributed by atoms with E-state index in [0.29, 0.717) is 54.3 Å². The van der Waals surface area contributed by atoms with Crippen LogP contribution in [0, 0.1) is 18.8 Å². The van der Waals surface area contributed by atoms with Gasteiger partial charge in [0.05, 0.1) is 29.7 Å². The van der Waals surface area contributed by atoms with Crippen LogP contribution in [-0.2, 0) is 22.7 Å². The average molecular weight is 544 g/mol. The summed E-state index contributed by atoms with van der Waals surface area (Å²) in [5.41, 5.74) is 1.99. The first kappa shape index (κ1) is 29.0. The van der Waals surface area contributed by atoms with Crippen LogP contribution in [0.25, 0.3) is 5.69 Å². The second kappa shape index (κ2) is 11.4. The van der Waals surface area contributed by atoms with Crippen LogP contribution in [0.1, 0.15) is 67.1 Å². The lowest BCUT2D eigenvalue weighted by atomic mass is 9.89. The van der Waals surface area contributed by atoms with Gasteiger partial charge in [0.25, 0.3) is 5.91 Å². The molecule has 0 radical (unpaired) electrons. The van der Waals surface area contributed by atoms with Crippen LogP contribution in [0.4, 0.5) is 13.2 Å². The molecule has 0 saturated heterocycles. The molecule has 1 heterocycles. The molecular weight excluding hydrogens is 507 g/mol. The molecule has 1 fully saturated rings. The van der Waals surface area contributed by atoms with Gasteiger partial charge in [0.15, 0.2) is 0 Å². The van der Waals surface area contributed by atoms with Gasteiger partial charge in [0.2, 0.25) is 0 Å². The van der Waals surface area contributed by atoms with Gasteiger partial charge in [-0.3, -0.25) is 9.36 Å². The number of hydrogen-bond donors (Lipinski definition) is 1. The second-order valence-electron chi connectivity index (χ2n) is 9.99. The first-order chi connectivity index (χ1) is 17.3. The number of amides is 1. The summed E-state index contributed by atoms with van der Waals surface area (Å²) in [4.78, 5) is 17.6. The van der Waals surface area contributed by atoms with Crippen molar-refractivity contribution in [1.29, 1.82) is 0 Å². The normalized spacial score (nSPS) is 19.5. The number of hydrogen-bond acceptors (Lipinski definition) is 5. The first-order valence-corrected chi connectivity index (χ1v) is 14.5. The number of benzene rings is 1. The Morgan fingerprint density at radius 3 is 2.43 bits per heavy atom. The zero-order valence-electron chi connectivity index (χ0n) is 22.0. The summed E-state index contributed by atoms with van der Waals surface area (Å²) >= 11 is 0. The molecule has 1 aromatic heterocycles. The van der Waals surface area contributed by atoms with E-state index in [2.05, 4.69) is 10.3 Å². The van der Waals surface area contributed by atoms with Gasteiger partial charge in [0.1, 0.15) is 27.1 Å². The van der Waals surface area contributed by atoms with Gasteiger partial charge < -0.3 is 10.1 Å². The quantitative estimate of drug-likeness (QED) is 0.490. The van der Waals surface area contributed by atoms with Crippen LogP contribution < -0.4 is 10.1 Å².